The van der Waals surface area contributed by atoms with Crippen LogP contribution in [0.2, 0.25) is 10.3 Å². The number of hydrogen-bond acceptors (Lipinski definition) is 3. The quantitative estimate of drug-likeness (QED) is 0.626. The van der Waals surface area contributed by atoms with Gasteiger partial charge in [0.1, 0.15) is 10.3 Å². The van der Waals surface area contributed by atoms with Crippen LogP contribution in [-0.2, 0) is 0 Å². The molecule has 0 fully saturated rings. The SMILES string of the molecule is CCCCCNc1nc(Cl)cc(Cl)n1. The van der Waals surface area contributed by atoms with Crippen molar-refractivity contribution in [2.45, 2.75) is 26.2 Å². The standard InChI is InChI=1S/C9H13Cl2N3/c1-2-3-4-5-12-9-13-7(10)6-8(11)14-9/h6H,2-5H2,1H3,(H,12,13,14). The van der Waals surface area contributed by atoms with E-state index in [2.05, 4.69) is 22.2 Å². The molecule has 0 bridgehead atoms. The van der Waals surface area contributed by atoms with E-state index in [0.717, 1.165) is 13.0 Å². The number of anilines is 1. The van der Waals surface area contributed by atoms with Crippen molar-refractivity contribution >= 4 is 29.2 Å². The highest BCUT2D eigenvalue weighted by molar-refractivity contribution is 6.33. The lowest BCUT2D eigenvalue weighted by Crippen LogP contribution is -2.05. The van der Waals surface area contributed by atoms with Gasteiger partial charge in [-0.2, -0.15) is 0 Å². The zero-order valence-corrected chi connectivity index (χ0v) is 9.57. The van der Waals surface area contributed by atoms with Crippen LogP contribution in [-0.4, -0.2) is 16.5 Å². The lowest BCUT2D eigenvalue weighted by Gasteiger charge is -2.04. The van der Waals surface area contributed by atoms with Crippen molar-refractivity contribution in [3.63, 3.8) is 0 Å². The summed E-state index contributed by atoms with van der Waals surface area (Å²) in [4.78, 5) is 7.98. The predicted molar refractivity (Wildman–Crippen MR) is 60.1 cm³/mol. The molecular weight excluding hydrogens is 221 g/mol. The molecule has 0 aliphatic heterocycles. The van der Waals surface area contributed by atoms with Crippen LogP contribution in [0.1, 0.15) is 26.2 Å². The van der Waals surface area contributed by atoms with Gasteiger partial charge in [-0.15, -0.1) is 0 Å². The van der Waals surface area contributed by atoms with Crippen LogP contribution in [0.5, 0.6) is 0 Å². The topological polar surface area (TPSA) is 37.8 Å². The maximum atomic E-state index is 5.71. The number of halogens is 2. The Morgan fingerprint density at radius 1 is 1.21 bits per heavy atom. The Morgan fingerprint density at radius 2 is 1.86 bits per heavy atom. The van der Waals surface area contributed by atoms with E-state index in [0.29, 0.717) is 16.3 Å². The molecule has 14 heavy (non-hydrogen) atoms. The highest BCUT2D eigenvalue weighted by Gasteiger charge is 1.99. The van der Waals surface area contributed by atoms with Gasteiger partial charge in [0, 0.05) is 12.6 Å². The summed E-state index contributed by atoms with van der Waals surface area (Å²) in [7, 11) is 0. The first kappa shape index (κ1) is 11.5. The monoisotopic (exact) mass is 233 g/mol. The molecule has 0 saturated heterocycles. The van der Waals surface area contributed by atoms with Crippen molar-refractivity contribution < 1.29 is 0 Å². The minimum absolute atomic E-state index is 0.364. The van der Waals surface area contributed by atoms with E-state index < -0.39 is 0 Å². The Hall–Kier alpha value is -0.540. The van der Waals surface area contributed by atoms with E-state index in [1.165, 1.54) is 18.9 Å². The van der Waals surface area contributed by atoms with Crippen molar-refractivity contribution in [1.82, 2.24) is 9.97 Å². The highest BCUT2D eigenvalue weighted by atomic mass is 35.5. The van der Waals surface area contributed by atoms with E-state index in [-0.39, 0.29) is 0 Å². The van der Waals surface area contributed by atoms with Crippen LogP contribution in [0.3, 0.4) is 0 Å². The van der Waals surface area contributed by atoms with Crippen molar-refractivity contribution in [3.05, 3.63) is 16.4 Å². The summed E-state index contributed by atoms with van der Waals surface area (Å²) in [5.41, 5.74) is 0. The van der Waals surface area contributed by atoms with Crippen molar-refractivity contribution in [2.75, 3.05) is 11.9 Å². The van der Waals surface area contributed by atoms with E-state index in [4.69, 9.17) is 23.2 Å². The first-order valence-corrected chi connectivity index (χ1v) is 5.42. The second-order valence-corrected chi connectivity index (χ2v) is 3.75. The normalized spacial score (nSPS) is 10.2. The second kappa shape index (κ2) is 6.04. The fraction of sp³-hybridized carbons (Fsp3) is 0.556. The van der Waals surface area contributed by atoms with Crippen LogP contribution in [0.4, 0.5) is 5.95 Å². The third-order valence-electron chi connectivity index (χ3n) is 1.73. The van der Waals surface area contributed by atoms with E-state index in [9.17, 15) is 0 Å². The molecule has 0 atom stereocenters. The molecule has 5 heteroatoms. The van der Waals surface area contributed by atoms with Crippen molar-refractivity contribution in [1.29, 1.82) is 0 Å². The number of aromatic nitrogens is 2. The number of nitrogens with one attached hydrogen (secondary N) is 1. The molecule has 0 aliphatic rings. The average Bonchev–Trinajstić information content (AvgIpc) is 2.11. The van der Waals surface area contributed by atoms with Crippen molar-refractivity contribution in [3.8, 4) is 0 Å². The summed E-state index contributed by atoms with van der Waals surface area (Å²) in [5, 5.41) is 3.80. The van der Waals surface area contributed by atoms with Crippen LogP contribution in [0.25, 0.3) is 0 Å². The van der Waals surface area contributed by atoms with Gasteiger partial charge in [0.25, 0.3) is 0 Å². The largest absolute Gasteiger partial charge is 0.354 e. The molecule has 78 valence electrons. The number of hydrogen-bond donors (Lipinski definition) is 1. The van der Waals surface area contributed by atoms with Gasteiger partial charge in [0.05, 0.1) is 0 Å². The summed E-state index contributed by atoms with van der Waals surface area (Å²) >= 11 is 11.4. The molecule has 0 radical (unpaired) electrons. The maximum Gasteiger partial charge on any atom is 0.225 e. The Balaban J connectivity index is 2.42. The predicted octanol–water partition coefficient (Wildman–Crippen LogP) is 3.39. The van der Waals surface area contributed by atoms with Gasteiger partial charge in [-0.05, 0) is 6.42 Å². The summed E-state index contributed by atoms with van der Waals surface area (Å²) < 4.78 is 0. The van der Waals surface area contributed by atoms with Crippen LogP contribution in [0, 0.1) is 0 Å². The third kappa shape index (κ3) is 4.11. The fourth-order valence-electron chi connectivity index (χ4n) is 1.04. The van der Waals surface area contributed by atoms with E-state index in [1.807, 2.05) is 0 Å². The Bertz CT molecular complexity index is 271. The molecule has 1 heterocycles. The Labute approximate surface area is 93.9 Å². The molecular formula is C9H13Cl2N3. The van der Waals surface area contributed by atoms with Gasteiger partial charge in [0.15, 0.2) is 0 Å². The third-order valence-corrected chi connectivity index (χ3v) is 2.11. The minimum Gasteiger partial charge on any atom is -0.354 e. The summed E-state index contributed by atoms with van der Waals surface area (Å²) in [6.45, 7) is 3.01. The molecule has 0 saturated carbocycles. The number of nitrogens with zero attached hydrogens (tertiary/aromatic N) is 2. The number of unbranched alkanes of at least 4 members (excludes halogenated alkanes) is 2. The Kier molecular flexibility index (Phi) is 4.98. The maximum absolute atomic E-state index is 5.71. The van der Waals surface area contributed by atoms with Crippen LogP contribution < -0.4 is 5.32 Å². The summed E-state index contributed by atoms with van der Waals surface area (Å²) in [6, 6.07) is 1.51. The van der Waals surface area contributed by atoms with Gasteiger partial charge in [0.2, 0.25) is 5.95 Å². The van der Waals surface area contributed by atoms with Gasteiger partial charge in [-0.25, -0.2) is 9.97 Å². The average molecular weight is 234 g/mol. The van der Waals surface area contributed by atoms with Gasteiger partial charge < -0.3 is 5.32 Å². The molecule has 0 spiro atoms. The number of rotatable bonds is 5. The zero-order valence-electron chi connectivity index (χ0n) is 8.06. The molecule has 1 aromatic rings. The fourth-order valence-corrected chi connectivity index (χ4v) is 1.47. The molecule has 0 aromatic carbocycles. The highest BCUT2D eigenvalue weighted by Crippen LogP contribution is 2.14. The molecule has 3 nitrogen and oxygen atoms in total. The van der Waals surface area contributed by atoms with E-state index >= 15 is 0 Å². The molecule has 1 N–H and O–H groups in total. The molecule has 1 rings (SSSR count). The lowest BCUT2D eigenvalue weighted by atomic mass is 10.2. The van der Waals surface area contributed by atoms with Crippen molar-refractivity contribution in [2.24, 2.45) is 0 Å². The molecule has 0 unspecified atom stereocenters. The van der Waals surface area contributed by atoms with Crippen LogP contribution >= 0.6 is 23.2 Å². The Morgan fingerprint density at radius 3 is 2.43 bits per heavy atom. The zero-order chi connectivity index (χ0) is 10.4. The first-order chi connectivity index (χ1) is 6.72. The van der Waals surface area contributed by atoms with E-state index in [1.54, 1.807) is 0 Å². The van der Waals surface area contributed by atoms with Gasteiger partial charge in [-0.1, -0.05) is 43.0 Å². The minimum atomic E-state index is 0.364. The summed E-state index contributed by atoms with van der Waals surface area (Å²) in [6.07, 6.45) is 3.49. The molecule has 0 aliphatic carbocycles. The lowest BCUT2D eigenvalue weighted by molar-refractivity contribution is 0.740. The van der Waals surface area contributed by atoms with Gasteiger partial charge in [-0.3, -0.25) is 0 Å². The first-order valence-electron chi connectivity index (χ1n) is 4.66. The van der Waals surface area contributed by atoms with Gasteiger partial charge >= 0.3 is 0 Å². The van der Waals surface area contributed by atoms with Crippen LogP contribution in [0.15, 0.2) is 6.07 Å². The second-order valence-electron chi connectivity index (χ2n) is 2.97. The molecule has 1 aromatic heterocycles. The summed E-state index contributed by atoms with van der Waals surface area (Å²) in [5.74, 6) is 0.499. The molecule has 0 amide bonds. The smallest absolute Gasteiger partial charge is 0.225 e.